The van der Waals surface area contributed by atoms with E-state index in [2.05, 4.69) is 20.3 Å². The van der Waals surface area contributed by atoms with Gasteiger partial charge in [-0.05, 0) is 18.2 Å². The molecule has 0 spiro atoms. The highest BCUT2D eigenvalue weighted by Crippen LogP contribution is 2.11. The van der Waals surface area contributed by atoms with Gasteiger partial charge in [-0.15, -0.1) is 0 Å². The van der Waals surface area contributed by atoms with Crippen LogP contribution in [-0.2, 0) is 4.79 Å². The lowest BCUT2D eigenvalue weighted by Gasteiger charge is -2.02. The van der Waals surface area contributed by atoms with E-state index in [0.717, 1.165) is 0 Å². The summed E-state index contributed by atoms with van der Waals surface area (Å²) in [6.07, 6.45) is 4.92. The number of carbonyl (C=O) groups is 1. The summed E-state index contributed by atoms with van der Waals surface area (Å²) in [4.78, 5) is 23.6. The minimum atomic E-state index is -0.124. The van der Waals surface area contributed by atoms with Crippen molar-refractivity contribution in [1.82, 2.24) is 15.0 Å². The first-order valence-electron chi connectivity index (χ1n) is 4.95. The molecule has 0 aromatic carbocycles. The molecule has 2 rings (SSSR count). The van der Waals surface area contributed by atoms with Crippen molar-refractivity contribution in [3.8, 4) is 0 Å². The second kappa shape index (κ2) is 5.95. The Morgan fingerprint density at radius 3 is 2.59 bits per heavy atom. The molecular weight excluding hydrogens is 236 g/mol. The van der Waals surface area contributed by atoms with Gasteiger partial charge in [0.05, 0.1) is 5.75 Å². The first-order valence-corrected chi connectivity index (χ1v) is 5.94. The maximum atomic E-state index is 11.6. The Kier molecular flexibility index (Phi) is 4.04. The van der Waals surface area contributed by atoms with E-state index in [0.29, 0.717) is 11.0 Å². The lowest BCUT2D eigenvalue weighted by molar-refractivity contribution is -0.113. The molecule has 0 aliphatic carbocycles. The predicted molar refractivity (Wildman–Crippen MR) is 65.6 cm³/mol. The minimum Gasteiger partial charge on any atom is -0.310 e. The quantitative estimate of drug-likeness (QED) is 0.655. The standard InChI is InChI=1S/C11H10N4OS/c16-10(15-9-4-1-2-5-12-9)8-17-11-13-6-3-7-14-11/h1-7H,8H2,(H,12,15,16). The highest BCUT2D eigenvalue weighted by molar-refractivity contribution is 7.99. The summed E-state index contributed by atoms with van der Waals surface area (Å²) in [5, 5.41) is 3.27. The van der Waals surface area contributed by atoms with Gasteiger partial charge >= 0.3 is 0 Å². The lowest BCUT2D eigenvalue weighted by Crippen LogP contribution is -2.15. The van der Waals surface area contributed by atoms with Crippen molar-refractivity contribution in [1.29, 1.82) is 0 Å². The first kappa shape index (κ1) is 11.5. The van der Waals surface area contributed by atoms with Crippen molar-refractivity contribution >= 4 is 23.5 Å². The Labute approximate surface area is 103 Å². The fraction of sp³-hybridized carbons (Fsp3) is 0.0909. The summed E-state index contributed by atoms with van der Waals surface area (Å²) >= 11 is 1.29. The third kappa shape index (κ3) is 3.84. The van der Waals surface area contributed by atoms with E-state index < -0.39 is 0 Å². The van der Waals surface area contributed by atoms with Crippen LogP contribution in [0.5, 0.6) is 0 Å². The van der Waals surface area contributed by atoms with Crippen LogP contribution >= 0.6 is 11.8 Å². The Bertz CT molecular complexity index is 477. The smallest absolute Gasteiger partial charge is 0.236 e. The molecule has 6 heteroatoms. The third-order valence-electron chi connectivity index (χ3n) is 1.81. The van der Waals surface area contributed by atoms with Crippen LogP contribution in [0.2, 0.25) is 0 Å². The number of rotatable bonds is 4. The van der Waals surface area contributed by atoms with Gasteiger partial charge < -0.3 is 5.32 Å². The average Bonchev–Trinajstić information content (AvgIpc) is 2.39. The van der Waals surface area contributed by atoms with Crippen LogP contribution in [-0.4, -0.2) is 26.6 Å². The van der Waals surface area contributed by atoms with E-state index in [1.165, 1.54) is 11.8 Å². The summed E-state index contributed by atoms with van der Waals surface area (Å²) in [5.74, 6) is 0.689. The highest BCUT2D eigenvalue weighted by atomic mass is 32.2. The second-order valence-corrected chi connectivity index (χ2v) is 4.03. The summed E-state index contributed by atoms with van der Waals surface area (Å²) in [5.41, 5.74) is 0. The van der Waals surface area contributed by atoms with Crippen molar-refractivity contribution in [3.05, 3.63) is 42.9 Å². The van der Waals surface area contributed by atoms with E-state index in [1.807, 2.05) is 6.07 Å². The van der Waals surface area contributed by atoms with E-state index in [9.17, 15) is 4.79 Å². The van der Waals surface area contributed by atoms with Gasteiger partial charge in [0.25, 0.3) is 0 Å². The van der Waals surface area contributed by atoms with Gasteiger partial charge in [0.15, 0.2) is 5.16 Å². The number of nitrogens with one attached hydrogen (secondary N) is 1. The molecule has 0 saturated heterocycles. The molecule has 0 fully saturated rings. The lowest BCUT2D eigenvalue weighted by atomic mass is 10.4. The molecule has 86 valence electrons. The van der Waals surface area contributed by atoms with Gasteiger partial charge in [0.1, 0.15) is 5.82 Å². The highest BCUT2D eigenvalue weighted by Gasteiger charge is 2.04. The maximum Gasteiger partial charge on any atom is 0.236 e. The molecule has 2 aromatic rings. The number of hydrogen-bond acceptors (Lipinski definition) is 5. The monoisotopic (exact) mass is 246 g/mol. The average molecular weight is 246 g/mol. The van der Waals surface area contributed by atoms with Crippen molar-refractivity contribution < 1.29 is 4.79 Å². The molecule has 0 radical (unpaired) electrons. The van der Waals surface area contributed by atoms with Crippen LogP contribution in [0, 0.1) is 0 Å². The fourth-order valence-electron chi connectivity index (χ4n) is 1.11. The molecule has 1 N–H and O–H groups in total. The molecule has 0 aliphatic rings. The minimum absolute atomic E-state index is 0.124. The van der Waals surface area contributed by atoms with E-state index in [-0.39, 0.29) is 11.7 Å². The number of amides is 1. The molecule has 0 unspecified atom stereocenters. The number of thioether (sulfide) groups is 1. The van der Waals surface area contributed by atoms with Crippen molar-refractivity contribution in [2.45, 2.75) is 5.16 Å². The van der Waals surface area contributed by atoms with Crippen molar-refractivity contribution in [3.63, 3.8) is 0 Å². The topological polar surface area (TPSA) is 67.8 Å². The molecular formula is C11H10N4OS. The second-order valence-electron chi connectivity index (χ2n) is 3.08. The zero-order valence-corrected chi connectivity index (χ0v) is 9.72. The number of carbonyl (C=O) groups excluding carboxylic acids is 1. The van der Waals surface area contributed by atoms with Gasteiger partial charge in [-0.2, -0.15) is 0 Å². The van der Waals surface area contributed by atoms with Crippen molar-refractivity contribution in [2.24, 2.45) is 0 Å². The van der Waals surface area contributed by atoms with E-state index >= 15 is 0 Å². The van der Waals surface area contributed by atoms with Crippen LogP contribution in [0.15, 0.2) is 48.0 Å². The molecule has 1 amide bonds. The number of nitrogens with zero attached hydrogens (tertiary/aromatic N) is 3. The summed E-state index contributed by atoms with van der Waals surface area (Å²) in [7, 11) is 0. The first-order chi connectivity index (χ1) is 8.34. The van der Waals surface area contributed by atoms with Crippen LogP contribution in [0.25, 0.3) is 0 Å². The summed E-state index contributed by atoms with van der Waals surface area (Å²) in [6.45, 7) is 0. The molecule has 0 bridgehead atoms. The van der Waals surface area contributed by atoms with Crippen LogP contribution in [0.4, 0.5) is 5.82 Å². The Balaban J connectivity index is 1.83. The molecule has 0 aliphatic heterocycles. The molecule has 2 aromatic heterocycles. The zero-order valence-electron chi connectivity index (χ0n) is 8.91. The molecule has 0 atom stereocenters. The third-order valence-corrected chi connectivity index (χ3v) is 2.68. The Morgan fingerprint density at radius 2 is 1.88 bits per heavy atom. The van der Waals surface area contributed by atoms with E-state index in [1.54, 1.807) is 36.8 Å². The normalized spacial score (nSPS) is 9.88. The van der Waals surface area contributed by atoms with Gasteiger partial charge in [0.2, 0.25) is 5.91 Å². The SMILES string of the molecule is O=C(CSc1ncccn1)Nc1ccccn1. The number of hydrogen-bond donors (Lipinski definition) is 1. The Hall–Kier alpha value is -1.95. The molecule has 0 saturated carbocycles. The predicted octanol–water partition coefficient (Wildman–Crippen LogP) is 1.60. The van der Waals surface area contributed by atoms with Gasteiger partial charge in [-0.3, -0.25) is 4.79 Å². The van der Waals surface area contributed by atoms with Gasteiger partial charge in [-0.25, -0.2) is 15.0 Å². The zero-order chi connectivity index (χ0) is 11.9. The molecule has 5 nitrogen and oxygen atoms in total. The molecule has 2 heterocycles. The van der Waals surface area contributed by atoms with Gasteiger partial charge in [-0.1, -0.05) is 17.8 Å². The van der Waals surface area contributed by atoms with Crippen LogP contribution in [0.1, 0.15) is 0 Å². The summed E-state index contributed by atoms with van der Waals surface area (Å²) < 4.78 is 0. The van der Waals surface area contributed by atoms with Crippen LogP contribution < -0.4 is 5.32 Å². The number of pyridine rings is 1. The van der Waals surface area contributed by atoms with Crippen molar-refractivity contribution in [2.75, 3.05) is 11.1 Å². The Morgan fingerprint density at radius 1 is 1.12 bits per heavy atom. The molecule has 17 heavy (non-hydrogen) atoms. The largest absolute Gasteiger partial charge is 0.310 e. The van der Waals surface area contributed by atoms with Gasteiger partial charge in [0, 0.05) is 18.6 Å². The number of aromatic nitrogens is 3. The van der Waals surface area contributed by atoms with E-state index in [4.69, 9.17) is 0 Å². The maximum absolute atomic E-state index is 11.6. The fourth-order valence-corrected chi connectivity index (χ4v) is 1.71. The van der Waals surface area contributed by atoms with Crippen LogP contribution in [0.3, 0.4) is 0 Å². The number of anilines is 1. The summed E-state index contributed by atoms with van der Waals surface area (Å²) in [6, 6.07) is 7.08.